The molecule has 0 radical (unpaired) electrons. The van der Waals surface area contributed by atoms with Crippen LogP contribution in [0.4, 0.5) is 0 Å². The molecule has 1 aliphatic rings. The van der Waals surface area contributed by atoms with E-state index in [1.165, 1.54) is 5.56 Å². The third kappa shape index (κ3) is 2.58. The Morgan fingerprint density at radius 2 is 1.50 bits per heavy atom. The molecule has 2 aromatic carbocycles. The van der Waals surface area contributed by atoms with Crippen molar-refractivity contribution in [3.05, 3.63) is 70.8 Å². The molecule has 0 atom stereocenters. The van der Waals surface area contributed by atoms with Crippen molar-refractivity contribution in [3.63, 3.8) is 0 Å². The molecule has 2 aromatic rings. The molecule has 22 heavy (non-hydrogen) atoms. The van der Waals surface area contributed by atoms with E-state index in [0.717, 1.165) is 5.56 Å². The van der Waals surface area contributed by atoms with Crippen molar-refractivity contribution in [1.29, 1.82) is 0 Å². The Morgan fingerprint density at radius 3 is 2.14 bits per heavy atom. The van der Waals surface area contributed by atoms with Gasteiger partial charge in [0.15, 0.2) is 0 Å². The van der Waals surface area contributed by atoms with Crippen molar-refractivity contribution >= 4 is 23.5 Å². The molecule has 0 unspecified atom stereocenters. The summed E-state index contributed by atoms with van der Waals surface area (Å²) < 4.78 is 0. The maximum atomic E-state index is 12.1. The van der Waals surface area contributed by atoms with Crippen LogP contribution in [-0.2, 0) is 4.79 Å². The first-order valence-corrected chi connectivity index (χ1v) is 7.33. The number of fused-ring (bicyclic) bond motifs is 1. The van der Waals surface area contributed by atoms with Crippen LogP contribution in [0.15, 0.2) is 48.5 Å². The van der Waals surface area contributed by atoms with E-state index in [-0.39, 0.29) is 11.8 Å². The van der Waals surface area contributed by atoms with Gasteiger partial charge in [0.1, 0.15) is 0 Å². The number of rotatable bonds is 2. The minimum atomic E-state index is -0.350. The molecule has 0 saturated carbocycles. The molecule has 3 nitrogen and oxygen atoms in total. The van der Waals surface area contributed by atoms with E-state index in [1.54, 1.807) is 18.2 Å². The summed E-state index contributed by atoms with van der Waals surface area (Å²) in [6.45, 7) is 4.29. The lowest BCUT2D eigenvalue weighted by atomic mass is 9.93. The molecule has 0 saturated heterocycles. The highest BCUT2D eigenvalue weighted by atomic mass is 16.2. The van der Waals surface area contributed by atoms with Gasteiger partial charge >= 0.3 is 0 Å². The fourth-order valence-corrected chi connectivity index (χ4v) is 2.56. The Bertz CT molecular complexity index is 770. The molecule has 0 spiro atoms. The van der Waals surface area contributed by atoms with Crippen LogP contribution in [0, 0.1) is 0 Å². The van der Waals surface area contributed by atoms with Crippen LogP contribution < -0.4 is 5.32 Å². The zero-order valence-electron chi connectivity index (χ0n) is 12.6. The molecule has 0 bridgehead atoms. The van der Waals surface area contributed by atoms with E-state index in [2.05, 4.69) is 31.3 Å². The third-order valence-electron chi connectivity index (χ3n) is 3.85. The number of hydrogen-bond donors (Lipinski definition) is 1. The first kappa shape index (κ1) is 14.3. The van der Waals surface area contributed by atoms with Crippen LogP contribution >= 0.6 is 0 Å². The van der Waals surface area contributed by atoms with Gasteiger partial charge in [-0.25, -0.2) is 0 Å². The van der Waals surface area contributed by atoms with Gasteiger partial charge in [0.2, 0.25) is 0 Å². The quantitative estimate of drug-likeness (QED) is 0.678. The van der Waals surface area contributed by atoms with Crippen LogP contribution in [0.1, 0.15) is 46.8 Å². The second-order valence-corrected chi connectivity index (χ2v) is 5.71. The normalized spacial score (nSPS) is 15.9. The summed E-state index contributed by atoms with van der Waals surface area (Å²) in [5.74, 6) is -0.220. The lowest BCUT2D eigenvalue weighted by Crippen LogP contribution is -2.36. The highest BCUT2D eigenvalue weighted by Gasteiger charge is 2.26. The van der Waals surface area contributed by atoms with E-state index in [4.69, 9.17) is 0 Å². The average Bonchev–Trinajstić information content (AvgIpc) is 2.52. The van der Waals surface area contributed by atoms with E-state index in [0.29, 0.717) is 22.6 Å². The van der Waals surface area contributed by atoms with Gasteiger partial charge in [-0.2, -0.15) is 0 Å². The molecule has 1 N–H and O–H groups in total. The third-order valence-corrected chi connectivity index (χ3v) is 3.85. The van der Waals surface area contributed by atoms with Gasteiger partial charge in [0, 0.05) is 11.1 Å². The Kier molecular flexibility index (Phi) is 3.63. The second kappa shape index (κ2) is 5.60. The van der Waals surface area contributed by atoms with Crippen LogP contribution in [-0.4, -0.2) is 11.8 Å². The first-order valence-electron chi connectivity index (χ1n) is 7.33. The molecule has 1 heterocycles. The highest BCUT2D eigenvalue weighted by Crippen LogP contribution is 2.26. The molecule has 3 heteroatoms. The van der Waals surface area contributed by atoms with E-state index < -0.39 is 0 Å². The summed E-state index contributed by atoms with van der Waals surface area (Å²) >= 11 is 0. The van der Waals surface area contributed by atoms with Crippen molar-refractivity contribution in [2.45, 2.75) is 19.8 Å². The van der Waals surface area contributed by atoms with Crippen LogP contribution in [0.25, 0.3) is 11.6 Å². The number of carbonyl (C=O) groups excluding carboxylic acids is 2. The molecule has 3 rings (SSSR count). The molecular formula is C19H17NO2. The SMILES string of the molecule is CC(C)c1ccc(/C=C2\C(=O)NC(=O)c3ccccc32)cc1. The highest BCUT2D eigenvalue weighted by molar-refractivity contribution is 6.33. The van der Waals surface area contributed by atoms with Gasteiger partial charge in [-0.05, 0) is 34.8 Å². The lowest BCUT2D eigenvalue weighted by molar-refractivity contribution is -0.114. The Morgan fingerprint density at radius 1 is 0.864 bits per heavy atom. The molecule has 110 valence electrons. The summed E-state index contributed by atoms with van der Waals surface area (Å²) in [5, 5.41) is 2.39. The van der Waals surface area contributed by atoms with E-state index in [9.17, 15) is 9.59 Å². The Hall–Kier alpha value is -2.68. The summed E-state index contributed by atoms with van der Waals surface area (Å²) in [6, 6.07) is 15.3. The summed E-state index contributed by atoms with van der Waals surface area (Å²) in [4.78, 5) is 24.0. The lowest BCUT2D eigenvalue weighted by Gasteiger charge is -2.18. The number of benzene rings is 2. The maximum absolute atomic E-state index is 12.1. The van der Waals surface area contributed by atoms with Gasteiger partial charge in [-0.15, -0.1) is 0 Å². The molecule has 0 aliphatic carbocycles. The standard InChI is InChI=1S/C19H17NO2/c1-12(2)14-9-7-13(8-10-14)11-17-15-5-3-4-6-16(15)18(21)20-19(17)22/h3-12H,1-2H3,(H,20,21,22)/b17-11-. The van der Waals surface area contributed by atoms with Gasteiger partial charge in [-0.1, -0.05) is 56.3 Å². The second-order valence-electron chi connectivity index (χ2n) is 5.71. The monoisotopic (exact) mass is 291 g/mol. The molecule has 0 aromatic heterocycles. The van der Waals surface area contributed by atoms with Crippen molar-refractivity contribution in [1.82, 2.24) is 5.32 Å². The van der Waals surface area contributed by atoms with Gasteiger partial charge in [0.05, 0.1) is 0 Å². The zero-order valence-corrected chi connectivity index (χ0v) is 12.6. The number of hydrogen-bond acceptors (Lipinski definition) is 2. The van der Waals surface area contributed by atoms with Crippen molar-refractivity contribution < 1.29 is 9.59 Å². The van der Waals surface area contributed by atoms with Gasteiger partial charge in [0.25, 0.3) is 11.8 Å². The minimum absolute atomic E-state index is 0.340. The van der Waals surface area contributed by atoms with E-state index >= 15 is 0 Å². The Balaban J connectivity index is 2.05. The zero-order chi connectivity index (χ0) is 15.7. The number of nitrogens with one attached hydrogen (secondary N) is 1. The Labute approximate surface area is 129 Å². The molecule has 2 amide bonds. The maximum Gasteiger partial charge on any atom is 0.258 e. The molecule has 1 aliphatic heterocycles. The summed E-state index contributed by atoms with van der Waals surface area (Å²) in [6.07, 6.45) is 1.82. The number of amides is 2. The molecule has 0 fully saturated rings. The van der Waals surface area contributed by atoms with Crippen molar-refractivity contribution in [2.75, 3.05) is 0 Å². The predicted molar refractivity (Wildman–Crippen MR) is 87.3 cm³/mol. The predicted octanol–water partition coefficient (Wildman–Crippen LogP) is 3.62. The minimum Gasteiger partial charge on any atom is -0.288 e. The van der Waals surface area contributed by atoms with Crippen LogP contribution in [0.5, 0.6) is 0 Å². The van der Waals surface area contributed by atoms with Crippen molar-refractivity contribution in [2.24, 2.45) is 0 Å². The van der Waals surface area contributed by atoms with Crippen LogP contribution in [0.3, 0.4) is 0 Å². The summed E-state index contributed by atoms with van der Waals surface area (Å²) in [5.41, 5.74) is 3.94. The number of carbonyl (C=O) groups is 2. The fourth-order valence-electron chi connectivity index (χ4n) is 2.56. The average molecular weight is 291 g/mol. The fraction of sp³-hybridized carbons (Fsp3) is 0.158. The number of imide groups is 1. The first-order chi connectivity index (χ1) is 10.6. The topological polar surface area (TPSA) is 46.2 Å². The van der Waals surface area contributed by atoms with E-state index in [1.807, 2.05) is 24.3 Å². The van der Waals surface area contributed by atoms with Gasteiger partial charge in [-0.3, -0.25) is 14.9 Å². The largest absolute Gasteiger partial charge is 0.288 e. The van der Waals surface area contributed by atoms with Crippen LogP contribution in [0.2, 0.25) is 0 Å². The molecular weight excluding hydrogens is 274 g/mol. The smallest absolute Gasteiger partial charge is 0.258 e. The van der Waals surface area contributed by atoms with Gasteiger partial charge < -0.3 is 0 Å². The summed E-state index contributed by atoms with van der Waals surface area (Å²) in [7, 11) is 0. The van der Waals surface area contributed by atoms with Crippen molar-refractivity contribution in [3.8, 4) is 0 Å².